The van der Waals surface area contributed by atoms with Gasteiger partial charge in [0.1, 0.15) is 0 Å². The van der Waals surface area contributed by atoms with Crippen molar-refractivity contribution in [3.63, 3.8) is 0 Å². The van der Waals surface area contributed by atoms with Crippen molar-refractivity contribution >= 4 is 0 Å². The van der Waals surface area contributed by atoms with Crippen LogP contribution in [0.2, 0.25) is 0 Å². The lowest BCUT2D eigenvalue weighted by atomic mass is 9.87. The average molecular weight is 315 g/mol. The summed E-state index contributed by atoms with van der Waals surface area (Å²) in [5.41, 5.74) is 0. The van der Waals surface area contributed by atoms with Crippen LogP contribution in [0.3, 0.4) is 0 Å². The second-order valence-corrected chi connectivity index (χ2v) is 6.51. The van der Waals surface area contributed by atoms with Gasteiger partial charge < -0.3 is 31.9 Å². The monoisotopic (exact) mass is 314 g/mol. The van der Waals surface area contributed by atoms with Crippen molar-refractivity contribution in [1.29, 1.82) is 0 Å². The first-order chi connectivity index (χ1) is 10.7. The van der Waals surface area contributed by atoms with E-state index in [1.807, 2.05) is 14.1 Å². The summed E-state index contributed by atoms with van der Waals surface area (Å²) >= 11 is 0. The van der Waals surface area contributed by atoms with Gasteiger partial charge in [0.15, 0.2) is 0 Å². The van der Waals surface area contributed by atoms with Gasteiger partial charge in [0.2, 0.25) is 0 Å². The highest BCUT2D eigenvalue weighted by Crippen LogP contribution is 2.18. The Morgan fingerprint density at radius 3 is 1.77 bits per heavy atom. The molecule has 0 radical (unpaired) electrons. The predicted octanol–water partition coefficient (Wildman–Crippen LogP) is -1.05. The van der Waals surface area contributed by atoms with Crippen molar-refractivity contribution in [2.75, 3.05) is 60.9 Å². The Bertz CT molecular complexity index is 245. The normalized spacial score (nSPS) is 25.8. The quantitative estimate of drug-likeness (QED) is 0.258. The highest BCUT2D eigenvalue weighted by molar-refractivity contribution is 4.89. The molecule has 2 atom stereocenters. The highest BCUT2D eigenvalue weighted by Gasteiger charge is 2.26. The lowest BCUT2D eigenvalue weighted by Crippen LogP contribution is -2.50. The minimum absolute atomic E-state index is 0.621. The third kappa shape index (κ3) is 7.85. The van der Waals surface area contributed by atoms with Gasteiger partial charge in [0.25, 0.3) is 0 Å². The summed E-state index contributed by atoms with van der Waals surface area (Å²) in [7, 11) is 8.18. The van der Waals surface area contributed by atoms with Crippen LogP contribution in [0.15, 0.2) is 0 Å². The summed E-state index contributed by atoms with van der Waals surface area (Å²) < 4.78 is 0. The highest BCUT2D eigenvalue weighted by atomic mass is 15.0. The van der Waals surface area contributed by atoms with E-state index in [0.717, 1.165) is 32.7 Å². The van der Waals surface area contributed by atoms with E-state index in [-0.39, 0.29) is 0 Å². The number of hydrogen-bond acceptors (Lipinski definition) is 6. The number of rotatable bonds is 12. The minimum Gasteiger partial charge on any atom is -0.319 e. The van der Waals surface area contributed by atoms with Crippen molar-refractivity contribution < 1.29 is 0 Å². The van der Waals surface area contributed by atoms with Crippen molar-refractivity contribution in [2.45, 2.75) is 37.4 Å². The summed E-state index contributed by atoms with van der Waals surface area (Å²) in [6, 6.07) is 1.88. The molecule has 132 valence electrons. The molecule has 6 nitrogen and oxygen atoms in total. The first kappa shape index (κ1) is 19.8. The van der Waals surface area contributed by atoms with Gasteiger partial charge in [-0.3, -0.25) is 0 Å². The summed E-state index contributed by atoms with van der Waals surface area (Å²) in [5, 5.41) is 20.7. The third-order valence-electron chi connectivity index (χ3n) is 4.68. The molecule has 0 spiro atoms. The number of hydrogen-bond donors (Lipinski definition) is 6. The molecule has 0 aromatic heterocycles. The fourth-order valence-electron chi connectivity index (χ4n) is 3.42. The van der Waals surface area contributed by atoms with E-state index in [4.69, 9.17) is 0 Å². The molecule has 0 aromatic carbocycles. The second-order valence-electron chi connectivity index (χ2n) is 6.51. The molecule has 0 saturated heterocycles. The lowest BCUT2D eigenvalue weighted by molar-refractivity contribution is 0.264. The SMILES string of the molecule is CNCC(CNC)CNCCNC1CC(NC)CC(NC)C1. The van der Waals surface area contributed by atoms with Crippen molar-refractivity contribution in [2.24, 2.45) is 5.92 Å². The molecule has 0 amide bonds. The maximum atomic E-state index is 3.71. The molecule has 0 aliphatic heterocycles. The Balaban J connectivity index is 2.14. The van der Waals surface area contributed by atoms with Gasteiger partial charge in [-0.25, -0.2) is 0 Å². The Morgan fingerprint density at radius 2 is 1.27 bits per heavy atom. The Morgan fingerprint density at radius 1 is 0.727 bits per heavy atom. The molecule has 6 heteroatoms. The summed E-state index contributed by atoms with van der Waals surface area (Å²) in [6.07, 6.45) is 3.70. The smallest absolute Gasteiger partial charge is 0.00972 e. The average Bonchev–Trinajstić information content (AvgIpc) is 2.54. The molecule has 0 bridgehead atoms. The van der Waals surface area contributed by atoms with Gasteiger partial charge in [0.05, 0.1) is 0 Å². The summed E-state index contributed by atoms with van der Waals surface area (Å²) in [6.45, 7) is 5.25. The molecule has 2 unspecified atom stereocenters. The zero-order chi connectivity index (χ0) is 16.2. The maximum absolute atomic E-state index is 3.71. The first-order valence-electron chi connectivity index (χ1n) is 8.81. The van der Waals surface area contributed by atoms with Crippen LogP contribution in [0.25, 0.3) is 0 Å². The zero-order valence-electron chi connectivity index (χ0n) is 15.0. The zero-order valence-corrected chi connectivity index (χ0v) is 15.0. The molecule has 22 heavy (non-hydrogen) atoms. The fourth-order valence-corrected chi connectivity index (χ4v) is 3.42. The van der Waals surface area contributed by atoms with Crippen LogP contribution in [0, 0.1) is 5.92 Å². The van der Waals surface area contributed by atoms with Crippen LogP contribution in [-0.4, -0.2) is 79.0 Å². The maximum Gasteiger partial charge on any atom is 0.00972 e. The molecule has 6 N–H and O–H groups in total. The van der Waals surface area contributed by atoms with Crippen LogP contribution in [0.4, 0.5) is 0 Å². The van der Waals surface area contributed by atoms with Gasteiger partial charge >= 0.3 is 0 Å². The summed E-state index contributed by atoms with van der Waals surface area (Å²) in [4.78, 5) is 0. The first-order valence-corrected chi connectivity index (χ1v) is 8.81. The molecule has 1 rings (SSSR count). The van der Waals surface area contributed by atoms with Crippen LogP contribution in [0.5, 0.6) is 0 Å². The molecular weight excluding hydrogens is 276 g/mol. The Labute approximate surface area is 137 Å². The van der Waals surface area contributed by atoms with Gasteiger partial charge in [-0.2, -0.15) is 0 Å². The van der Waals surface area contributed by atoms with E-state index < -0.39 is 0 Å². The van der Waals surface area contributed by atoms with E-state index in [1.165, 1.54) is 19.3 Å². The predicted molar refractivity (Wildman–Crippen MR) is 95.6 cm³/mol. The third-order valence-corrected chi connectivity index (χ3v) is 4.68. The molecule has 1 saturated carbocycles. The van der Waals surface area contributed by atoms with Crippen molar-refractivity contribution in [3.05, 3.63) is 0 Å². The molecular formula is C16H38N6. The molecule has 1 aliphatic rings. The lowest BCUT2D eigenvalue weighted by Gasteiger charge is -2.35. The van der Waals surface area contributed by atoms with Crippen LogP contribution in [-0.2, 0) is 0 Å². The minimum atomic E-state index is 0.621. The second kappa shape index (κ2) is 12.2. The van der Waals surface area contributed by atoms with Crippen molar-refractivity contribution in [1.82, 2.24) is 31.9 Å². The summed E-state index contributed by atoms with van der Waals surface area (Å²) in [5.74, 6) is 0.645. The van der Waals surface area contributed by atoms with E-state index >= 15 is 0 Å². The topological polar surface area (TPSA) is 72.2 Å². The largest absolute Gasteiger partial charge is 0.319 e. The van der Waals surface area contributed by atoms with Gasteiger partial charge in [-0.05, 0) is 53.4 Å². The Hall–Kier alpha value is -0.240. The van der Waals surface area contributed by atoms with Crippen LogP contribution in [0.1, 0.15) is 19.3 Å². The Kier molecular flexibility index (Phi) is 11.0. The fraction of sp³-hybridized carbons (Fsp3) is 1.00. The van der Waals surface area contributed by atoms with Crippen molar-refractivity contribution in [3.8, 4) is 0 Å². The van der Waals surface area contributed by atoms with Crippen LogP contribution < -0.4 is 31.9 Å². The molecule has 1 aliphatic carbocycles. The molecule has 1 fully saturated rings. The van der Waals surface area contributed by atoms with Gasteiger partial charge in [0, 0.05) is 50.8 Å². The van der Waals surface area contributed by atoms with Gasteiger partial charge in [-0.15, -0.1) is 0 Å². The van der Waals surface area contributed by atoms with Crippen LogP contribution >= 0.6 is 0 Å². The van der Waals surface area contributed by atoms with E-state index in [2.05, 4.69) is 46.0 Å². The van der Waals surface area contributed by atoms with E-state index in [0.29, 0.717) is 24.0 Å². The standard InChI is InChI=1S/C16H38N6/c1-17-10-13(11-18-2)12-21-5-6-22-16-8-14(19-3)7-15(9-16)20-4/h13-22H,5-12H2,1-4H3. The number of nitrogens with one attached hydrogen (secondary N) is 6. The van der Waals surface area contributed by atoms with Gasteiger partial charge in [-0.1, -0.05) is 0 Å². The van der Waals surface area contributed by atoms with E-state index in [9.17, 15) is 0 Å². The molecule has 0 heterocycles. The van der Waals surface area contributed by atoms with E-state index in [1.54, 1.807) is 0 Å². The molecule has 0 aromatic rings.